The number of nitrogens with one attached hydrogen (secondary N) is 2. The lowest BCUT2D eigenvalue weighted by molar-refractivity contribution is -0.255. The molecule has 5 atom stereocenters. The molecule has 1 aliphatic rings. The van der Waals surface area contributed by atoms with Gasteiger partial charge in [-0.05, 0) is 53.3 Å². The number of ketones is 1. The molecule has 1 aliphatic heterocycles. The molecule has 5 aromatic carbocycles. The molecule has 0 saturated carbocycles. The van der Waals surface area contributed by atoms with Crippen LogP contribution < -0.4 is 16.4 Å². The normalized spacial score (nSPS) is 19.2. The Kier molecular flexibility index (Phi) is 12.2. The van der Waals surface area contributed by atoms with Crippen molar-refractivity contribution >= 4 is 29.3 Å². The van der Waals surface area contributed by atoms with E-state index in [1.807, 2.05) is 121 Å². The van der Waals surface area contributed by atoms with Crippen LogP contribution in [0.1, 0.15) is 58.6 Å². The highest BCUT2D eigenvalue weighted by atomic mass is 32.2. The summed E-state index contributed by atoms with van der Waals surface area (Å²) >= 11 is 1.66. The largest absolute Gasteiger partial charge is 0.398 e. The maximum atomic E-state index is 12.8. The molecule has 6 rings (SSSR count). The first-order valence-corrected chi connectivity index (χ1v) is 18.1. The molecule has 262 valence electrons. The zero-order valence-electron chi connectivity index (χ0n) is 28.5. The van der Waals surface area contributed by atoms with Crippen molar-refractivity contribution in [2.24, 2.45) is 0 Å². The number of aliphatic hydroxyl groups excluding tert-OH is 1. The third-order valence-corrected chi connectivity index (χ3v) is 10.3. The van der Waals surface area contributed by atoms with Gasteiger partial charge in [0.25, 0.3) is 0 Å². The summed E-state index contributed by atoms with van der Waals surface area (Å²) in [6, 6.07) is 42.4. The summed E-state index contributed by atoms with van der Waals surface area (Å²) in [6.45, 7) is 1.73. The van der Waals surface area contributed by atoms with Gasteiger partial charge < -0.3 is 30.9 Å². The molecule has 0 aliphatic carbocycles. The molecule has 0 bridgehead atoms. The monoisotopic (exact) mass is 701 g/mol. The van der Waals surface area contributed by atoms with Crippen LogP contribution in [0.15, 0.2) is 138 Å². The first-order valence-electron chi connectivity index (χ1n) is 17.1. The highest BCUT2D eigenvalue weighted by Gasteiger charge is 2.42. The fourth-order valence-electron chi connectivity index (χ4n) is 6.27. The van der Waals surface area contributed by atoms with Gasteiger partial charge >= 0.3 is 6.03 Å². The molecule has 1 saturated heterocycles. The zero-order chi connectivity index (χ0) is 35.6. The van der Waals surface area contributed by atoms with E-state index in [2.05, 4.69) is 22.8 Å². The average molecular weight is 702 g/mol. The number of hydrogen-bond acceptors (Lipinski definition) is 7. The SMILES string of the molecule is CC(=O)[C@@H](Cc1ccccc1)NC(=O)NCc1ccc(C2O[C@H](CSc3ccccc3N)[C@@H](c3ccccc3)[C@H](c3ccc(CO)cc3)O2)cc1. The molecule has 9 heteroatoms. The van der Waals surface area contributed by atoms with Gasteiger partial charge in [-0.15, -0.1) is 11.8 Å². The second-order valence-electron chi connectivity index (χ2n) is 12.7. The molecule has 1 unspecified atom stereocenters. The number of carbonyl (C=O) groups is 2. The zero-order valence-corrected chi connectivity index (χ0v) is 29.3. The first-order chi connectivity index (χ1) is 24.9. The molecular weight excluding hydrogens is 659 g/mol. The molecule has 0 radical (unpaired) electrons. The number of hydrogen-bond donors (Lipinski definition) is 4. The third-order valence-electron chi connectivity index (χ3n) is 9.08. The quantitative estimate of drug-likeness (QED) is 0.0741. The predicted molar refractivity (Wildman–Crippen MR) is 201 cm³/mol. The summed E-state index contributed by atoms with van der Waals surface area (Å²) in [6.07, 6.45) is -0.817. The Morgan fingerprint density at radius 2 is 1.37 bits per heavy atom. The maximum absolute atomic E-state index is 12.8. The number of nitrogens with two attached hydrogens (primary N) is 1. The number of anilines is 1. The summed E-state index contributed by atoms with van der Waals surface area (Å²) in [5, 5.41) is 15.4. The minimum atomic E-state index is -0.661. The van der Waals surface area contributed by atoms with E-state index in [0.29, 0.717) is 12.2 Å². The Morgan fingerprint density at radius 3 is 2.04 bits per heavy atom. The van der Waals surface area contributed by atoms with Crippen molar-refractivity contribution in [1.29, 1.82) is 0 Å². The van der Waals surface area contributed by atoms with Crippen LogP contribution in [0.25, 0.3) is 0 Å². The fraction of sp³-hybridized carbons (Fsp3) is 0.238. The molecular formula is C42H43N3O5S. The van der Waals surface area contributed by atoms with Crippen molar-refractivity contribution in [1.82, 2.24) is 10.6 Å². The van der Waals surface area contributed by atoms with E-state index in [-0.39, 0.29) is 37.1 Å². The second kappa shape index (κ2) is 17.3. The predicted octanol–water partition coefficient (Wildman–Crippen LogP) is 7.49. The maximum Gasteiger partial charge on any atom is 0.315 e. The van der Waals surface area contributed by atoms with Crippen LogP contribution in [0.3, 0.4) is 0 Å². The van der Waals surface area contributed by atoms with E-state index in [4.69, 9.17) is 15.2 Å². The number of benzene rings is 5. The molecule has 0 spiro atoms. The van der Waals surface area contributed by atoms with Crippen molar-refractivity contribution in [3.63, 3.8) is 0 Å². The Balaban J connectivity index is 1.19. The Morgan fingerprint density at radius 1 is 0.745 bits per heavy atom. The Hall–Kier alpha value is -4.93. The number of nitrogen functional groups attached to an aromatic ring is 1. The van der Waals surface area contributed by atoms with Crippen LogP contribution in [0.4, 0.5) is 10.5 Å². The van der Waals surface area contributed by atoms with E-state index in [1.54, 1.807) is 11.8 Å². The second-order valence-corrected chi connectivity index (χ2v) is 13.7. The number of urea groups is 1. The summed E-state index contributed by atoms with van der Waals surface area (Å²) < 4.78 is 13.6. The van der Waals surface area contributed by atoms with Crippen LogP contribution in [0.2, 0.25) is 0 Å². The van der Waals surface area contributed by atoms with Crippen LogP contribution >= 0.6 is 11.8 Å². The standard InChI is InChI=1S/C42H43N3O5S/c1-28(47)36(24-29-10-4-2-5-11-29)45-42(48)44-25-30-16-22-34(23-17-30)41-49-37(27-51-38-15-9-8-14-35(38)43)39(32-12-6-3-7-13-32)40(50-41)33-20-18-31(26-46)19-21-33/h2-23,36-37,39-41,46H,24-27,43H2,1H3,(H2,44,45,48)/t36-,37-,39-,40+,41?/m1/s1. The number of carbonyl (C=O) groups excluding carboxylic acids is 2. The molecule has 5 aromatic rings. The number of rotatable bonds is 13. The van der Waals surface area contributed by atoms with E-state index in [9.17, 15) is 14.7 Å². The number of para-hydroxylation sites is 1. The first kappa shape index (κ1) is 35.9. The van der Waals surface area contributed by atoms with Gasteiger partial charge in [0.05, 0.1) is 24.9 Å². The molecule has 51 heavy (non-hydrogen) atoms. The molecule has 1 heterocycles. The molecule has 8 nitrogen and oxygen atoms in total. The van der Waals surface area contributed by atoms with E-state index in [1.165, 1.54) is 6.92 Å². The van der Waals surface area contributed by atoms with Crippen molar-refractivity contribution in [2.45, 2.75) is 61.8 Å². The van der Waals surface area contributed by atoms with Gasteiger partial charge in [0, 0.05) is 34.4 Å². The lowest BCUT2D eigenvalue weighted by Gasteiger charge is -2.43. The van der Waals surface area contributed by atoms with Crippen LogP contribution in [-0.4, -0.2) is 34.8 Å². The van der Waals surface area contributed by atoms with Crippen LogP contribution in [-0.2, 0) is 33.8 Å². The van der Waals surface area contributed by atoms with Gasteiger partial charge in [0.1, 0.15) is 0 Å². The van der Waals surface area contributed by atoms with Gasteiger partial charge in [-0.25, -0.2) is 4.79 Å². The van der Waals surface area contributed by atoms with Gasteiger partial charge in [0.15, 0.2) is 12.1 Å². The van der Waals surface area contributed by atoms with Gasteiger partial charge in [-0.3, -0.25) is 4.79 Å². The van der Waals surface area contributed by atoms with Crippen molar-refractivity contribution in [2.75, 3.05) is 11.5 Å². The van der Waals surface area contributed by atoms with E-state index in [0.717, 1.165) is 44.0 Å². The minimum absolute atomic E-state index is 0.0364. The molecule has 5 N–H and O–H groups in total. The number of thioether (sulfide) groups is 1. The topological polar surface area (TPSA) is 123 Å². The number of aliphatic hydroxyl groups is 1. The van der Waals surface area contributed by atoms with Crippen molar-refractivity contribution in [3.8, 4) is 0 Å². The number of ether oxygens (including phenoxy) is 2. The Labute approximate surface area is 303 Å². The third kappa shape index (κ3) is 9.45. The highest BCUT2D eigenvalue weighted by molar-refractivity contribution is 7.99. The highest BCUT2D eigenvalue weighted by Crippen LogP contribution is 2.48. The van der Waals surface area contributed by atoms with E-state index < -0.39 is 18.4 Å². The fourth-order valence-corrected chi connectivity index (χ4v) is 7.31. The minimum Gasteiger partial charge on any atom is -0.398 e. The van der Waals surface area contributed by atoms with Gasteiger partial charge in [-0.1, -0.05) is 121 Å². The molecule has 1 fully saturated rings. The summed E-state index contributed by atoms with van der Waals surface area (Å²) in [7, 11) is 0. The Bertz CT molecular complexity index is 1870. The molecule has 2 amide bonds. The van der Waals surface area contributed by atoms with Crippen LogP contribution in [0.5, 0.6) is 0 Å². The lowest BCUT2D eigenvalue weighted by atomic mass is 9.84. The molecule has 0 aromatic heterocycles. The summed E-state index contributed by atoms with van der Waals surface area (Å²) in [4.78, 5) is 26.0. The van der Waals surface area contributed by atoms with Gasteiger partial charge in [-0.2, -0.15) is 0 Å². The van der Waals surface area contributed by atoms with Crippen molar-refractivity contribution in [3.05, 3.63) is 167 Å². The lowest BCUT2D eigenvalue weighted by Crippen LogP contribution is -2.46. The van der Waals surface area contributed by atoms with Gasteiger partial charge in [0.2, 0.25) is 0 Å². The number of amides is 2. The average Bonchev–Trinajstić information content (AvgIpc) is 3.17. The summed E-state index contributed by atoms with van der Waals surface area (Å²) in [5.74, 6) is 0.413. The van der Waals surface area contributed by atoms with Crippen molar-refractivity contribution < 1.29 is 24.2 Å². The summed E-state index contributed by atoms with van der Waals surface area (Å²) in [5.41, 5.74) is 12.7. The van der Waals surface area contributed by atoms with Crippen LogP contribution in [0, 0.1) is 0 Å². The smallest absolute Gasteiger partial charge is 0.315 e. The van der Waals surface area contributed by atoms with E-state index >= 15 is 0 Å². The number of Topliss-reactive ketones (excluding diaryl/α,β-unsaturated/α-hetero) is 1.